The number of methoxy groups -OCH3 is 2. The van der Waals surface area contributed by atoms with Crippen molar-refractivity contribution in [2.45, 2.75) is 19.9 Å². The largest absolute Gasteiger partial charge is 0.497 e. The van der Waals surface area contributed by atoms with Gasteiger partial charge in [0, 0.05) is 29.7 Å². The van der Waals surface area contributed by atoms with Crippen molar-refractivity contribution < 1.29 is 14.6 Å². The standard InChI is InChI=1S/C13H21NO3/c1-13(2,8-15)12(14)10-6-5-9(16-3)7-11(10)17-4/h5-7,12,15H,8,14H2,1-4H3/t12-/m0/s1. The fraction of sp³-hybridized carbons (Fsp3) is 0.538. The molecule has 0 aliphatic carbocycles. The molecule has 0 spiro atoms. The Labute approximate surface area is 102 Å². The van der Waals surface area contributed by atoms with Crippen LogP contribution in [0.25, 0.3) is 0 Å². The van der Waals surface area contributed by atoms with Crippen LogP contribution in [-0.2, 0) is 0 Å². The second-order valence-corrected chi connectivity index (χ2v) is 4.73. The van der Waals surface area contributed by atoms with Crippen LogP contribution in [0.15, 0.2) is 18.2 Å². The number of nitrogens with two attached hydrogens (primary N) is 1. The molecule has 3 N–H and O–H groups in total. The lowest BCUT2D eigenvalue weighted by Crippen LogP contribution is -2.32. The molecule has 0 unspecified atom stereocenters. The van der Waals surface area contributed by atoms with Crippen LogP contribution in [0.2, 0.25) is 0 Å². The Balaban J connectivity index is 3.13. The molecule has 1 aromatic carbocycles. The maximum Gasteiger partial charge on any atom is 0.127 e. The molecule has 4 heteroatoms. The molecule has 1 rings (SSSR count). The molecular weight excluding hydrogens is 218 g/mol. The smallest absolute Gasteiger partial charge is 0.127 e. The quantitative estimate of drug-likeness (QED) is 0.821. The predicted octanol–water partition coefficient (Wildman–Crippen LogP) is 1.72. The van der Waals surface area contributed by atoms with Gasteiger partial charge < -0.3 is 20.3 Å². The van der Waals surface area contributed by atoms with E-state index in [0.717, 1.165) is 11.3 Å². The van der Waals surface area contributed by atoms with E-state index in [1.807, 2.05) is 26.0 Å². The maximum absolute atomic E-state index is 9.34. The van der Waals surface area contributed by atoms with Gasteiger partial charge >= 0.3 is 0 Å². The van der Waals surface area contributed by atoms with Gasteiger partial charge in [-0.2, -0.15) is 0 Å². The Bertz CT molecular complexity index is 377. The summed E-state index contributed by atoms with van der Waals surface area (Å²) < 4.78 is 10.4. The number of hydrogen-bond acceptors (Lipinski definition) is 4. The molecule has 17 heavy (non-hydrogen) atoms. The minimum atomic E-state index is -0.401. The van der Waals surface area contributed by atoms with Gasteiger partial charge in [0.1, 0.15) is 11.5 Å². The van der Waals surface area contributed by atoms with E-state index in [1.54, 1.807) is 20.3 Å². The number of ether oxygens (including phenoxy) is 2. The van der Waals surface area contributed by atoms with Crippen molar-refractivity contribution in [3.63, 3.8) is 0 Å². The van der Waals surface area contributed by atoms with Gasteiger partial charge in [0.2, 0.25) is 0 Å². The van der Waals surface area contributed by atoms with Crippen molar-refractivity contribution in [2.75, 3.05) is 20.8 Å². The van der Waals surface area contributed by atoms with E-state index in [2.05, 4.69) is 0 Å². The first-order chi connectivity index (χ1) is 7.96. The van der Waals surface area contributed by atoms with Crippen LogP contribution in [0.3, 0.4) is 0 Å². The molecule has 4 nitrogen and oxygen atoms in total. The molecule has 0 saturated heterocycles. The SMILES string of the molecule is COc1ccc([C@H](N)C(C)(C)CO)c(OC)c1. The third-order valence-corrected chi connectivity index (χ3v) is 3.03. The average Bonchev–Trinajstić information content (AvgIpc) is 2.36. The monoisotopic (exact) mass is 239 g/mol. The van der Waals surface area contributed by atoms with Crippen LogP contribution in [0.5, 0.6) is 11.5 Å². The fourth-order valence-electron chi connectivity index (χ4n) is 1.59. The first kappa shape index (κ1) is 13.8. The molecule has 1 atom stereocenters. The van der Waals surface area contributed by atoms with Crippen LogP contribution >= 0.6 is 0 Å². The minimum Gasteiger partial charge on any atom is -0.497 e. The molecule has 96 valence electrons. The van der Waals surface area contributed by atoms with Gasteiger partial charge in [0.05, 0.1) is 14.2 Å². The lowest BCUT2D eigenvalue weighted by Gasteiger charge is -2.30. The molecule has 0 aliphatic rings. The molecule has 0 saturated carbocycles. The Morgan fingerprint density at radius 1 is 1.29 bits per heavy atom. The molecule has 1 aromatic rings. The van der Waals surface area contributed by atoms with E-state index in [9.17, 15) is 5.11 Å². The molecule has 0 fully saturated rings. The highest BCUT2D eigenvalue weighted by Crippen LogP contribution is 2.37. The van der Waals surface area contributed by atoms with Crippen molar-refractivity contribution in [3.05, 3.63) is 23.8 Å². The molecular formula is C13H21NO3. The zero-order valence-corrected chi connectivity index (χ0v) is 10.9. The van der Waals surface area contributed by atoms with Crippen molar-refractivity contribution in [1.29, 1.82) is 0 Å². The Morgan fingerprint density at radius 3 is 2.41 bits per heavy atom. The van der Waals surface area contributed by atoms with Crippen molar-refractivity contribution in [1.82, 2.24) is 0 Å². The van der Waals surface area contributed by atoms with Crippen molar-refractivity contribution >= 4 is 0 Å². The summed E-state index contributed by atoms with van der Waals surface area (Å²) in [6.45, 7) is 3.85. The van der Waals surface area contributed by atoms with Crippen LogP contribution in [0.4, 0.5) is 0 Å². The van der Waals surface area contributed by atoms with Crippen LogP contribution < -0.4 is 15.2 Å². The van der Waals surface area contributed by atoms with Crippen molar-refractivity contribution in [2.24, 2.45) is 11.1 Å². The van der Waals surface area contributed by atoms with Gasteiger partial charge in [-0.05, 0) is 6.07 Å². The van der Waals surface area contributed by atoms with Crippen LogP contribution in [0, 0.1) is 5.41 Å². The summed E-state index contributed by atoms with van der Waals surface area (Å²) in [5.41, 5.74) is 6.64. The number of benzene rings is 1. The summed E-state index contributed by atoms with van der Waals surface area (Å²) in [5.74, 6) is 1.40. The zero-order valence-electron chi connectivity index (χ0n) is 10.9. The zero-order chi connectivity index (χ0) is 13.1. The highest BCUT2D eigenvalue weighted by Gasteiger charge is 2.29. The Kier molecular flexibility index (Phi) is 4.37. The van der Waals surface area contributed by atoms with Crippen LogP contribution in [0.1, 0.15) is 25.5 Å². The van der Waals surface area contributed by atoms with E-state index in [0.29, 0.717) is 5.75 Å². The number of rotatable bonds is 5. The van der Waals surface area contributed by atoms with Crippen LogP contribution in [-0.4, -0.2) is 25.9 Å². The Morgan fingerprint density at radius 2 is 1.94 bits per heavy atom. The summed E-state index contributed by atoms with van der Waals surface area (Å²) in [6, 6.07) is 5.21. The van der Waals surface area contributed by atoms with E-state index >= 15 is 0 Å². The third-order valence-electron chi connectivity index (χ3n) is 3.03. The highest BCUT2D eigenvalue weighted by molar-refractivity contribution is 5.43. The van der Waals surface area contributed by atoms with Gasteiger partial charge in [-0.15, -0.1) is 0 Å². The summed E-state index contributed by atoms with van der Waals surface area (Å²) in [5, 5.41) is 9.34. The average molecular weight is 239 g/mol. The molecule has 0 heterocycles. The van der Waals surface area contributed by atoms with Gasteiger partial charge in [-0.1, -0.05) is 19.9 Å². The summed E-state index contributed by atoms with van der Waals surface area (Å²) >= 11 is 0. The van der Waals surface area contributed by atoms with Gasteiger partial charge in [-0.25, -0.2) is 0 Å². The van der Waals surface area contributed by atoms with E-state index in [1.165, 1.54) is 0 Å². The summed E-state index contributed by atoms with van der Waals surface area (Å²) in [4.78, 5) is 0. The summed E-state index contributed by atoms with van der Waals surface area (Å²) in [6.07, 6.45) is 0. The van der Waals surface area contributed by atoms with Gasteiger partial charge in [-0.3, -0.25) is 0 Å². The molecule has 0 bridgehead atoms. The van der Waals surface area contributed by atoms with Gasteiger partial charge in [0.15, 0.2) is 0 Å². The fourth-order valence-corrected chi connectivity index (χ4v) is 1.59. The molecule has 0 aromatic heterocycles. The first-order valence-corrected chi connectivity index (χ1v) is 5.54. The first-order valence-electron chi connectivity index (χ1n) is 5.54. The van der Waals surface area contributed by atoms with E-state index < -0.39 is 5.41 Å². The second kappa shape index (κ2) is 5.38. The predicted molar refractivity (Wildman–Crippen MR) is 67.3 cm³/mol. The molecule has 0 aliphatic heterocycles. The van der Waals surface area contributed by atoms with E-state index in [-0.39, 0.29) is 12.6 Å². The lowest BCUT2D eigenvalue weighted by molar-refractivity contribution is 0.131. The van der Waals surface area contributed by atoms with Crippen molar-refractivity contribution in [3.8, 4) is 11.5 Å². The lowest BCUT2D eigenvalue weighted by atomic mass is 9.81. The molecule has 0 amide bonds. The number of aliphatic hydroxyl groups excluding tert-OH is 1. The maximum atomic E-state index is 9.34. The summed E-state index contributed by atoms with van der Waals surface area (Å²) in [7, 11) is 3.20. The van der Waals surface area contributed by atoms with Gasteiger partial charge in [0.25, 0.3) is 0 Å². The highest BCUT2D eigenvalue weighted by atomic mass is 16.5. The van der Waals surface area contributed by atoms with E-state index in [4.69, 9.17) is 15.2 Å². The second-order valence-electron chi connectivity index (χ2n) is 4.73. The number of hydrogen-bond donors (Lipinski definition) is 2. The molecule has 0 radical (unpaired) electrons. The minimum absolute atomic E-state index is 0.0172. The normalized spacial score (nSPS) is 13.3. The number of aliphatic hydroxyl groups is 1. The Hall–Kier alpha value is -1.26. The topological polar surface area (TPSA) is 64.7 Å². The third kappa shape index (κ3) is 2.90.